The molecule has 6 rings (SSSR count). The minimum absolute atomic E-state index is 0.175. The Morgan fingerprint density at radius 3 is 2.50 bits per heavy atom. The van der Waals surface area contributed by atoms with Gasteiger partial charge in [0.05, 0.1) is 36.3 Å². The summed E-state index contributed by atoms with van der Waals surface area (Å²) in [5.74, 6) is 1.74. The summed E-state index contributed by atoms with van der Waals surface area (Å²) in [6.45, 7) is 7.15. The summed E-state index contributed by atoms with van der Waals surface area (Å²) in [4.78, 5) is 16.1. The number of aromatic nitrogens is 3. The molecular formula is C33H33N5O2. The summed E-state index contributed by atoms with van der Waals surface area (Å²) in [5, 5.41) is 8.19. The second-order valence-corrected chi connectivity index (χ2v) is 9.98. The number of hydrogen-bond donors (Lipinski definition) is 1. The molecule has 3 aromatic carbocycles. The Labute approximate surface area is 234 Å². The third-order valence-corrected chi connectivity index (χ3v) is 7.34. The Morgan fingerprint density at radius 1 is 0.975 bits per heavy atom. The molecule has 0 spiro atoms. The number of ether oxygens (including phenoxy) is 1. The standard InChI is InChI=1S/C33H33N5O2/c1-4-29-28-22-37(33(39)34-25-16-18-27(19-17-25)40-5-2)31(24-12-9-11-23(3)21-24)30-15-10-20-36(30)32(28)38(35-29)26-13-7-6-8-14-26/h6-21,31H,4-5,22H2,1-3H3,(H,34,39). The zero-order valence-corrected chi connectivity index (χ0v) is 23.0. The van der Waals surface area contributed by atoms with Crippen molar-refractivity contribution in [1.29, 1.82) is 0 Å². The highest BCUT2D eigenvalue weighted by Gasteiger charge is 2.36. The highest BCUT2D eigenvalue weighted by molar-refractivity contribution is 5.90. The van der Waals surface area contributed by atoms with E-state index in [1.165, 1.54) is 0 Å². The quantitative estimate of drug-likeness (QED) is 0.255. The maximum atomic E-state index is 14.2. The number of nitrogens with one attached hydrogen (secondary N) is 1. The first-order valence-electron chi connectivity index (χ1n) is 13.8. The molecular weight excluding hydrogens is 498 g/mol. The number of rotatable bonds is 6. The van der Waals surface area contributed by atoms with E-state index in [0.29, 0.717) is 18.8 Å². The molecule has 202 valence electrons. The average molecular weight is 532 g/mol. The fraction of sp³-hybridized carbons (Fsp3) is 0.212. The topological polar surface area (TPSA) is 64.3 Å². The number of para-hydroxylation sites is 1. The first-order valence-corrected chi connectivity index (χ1v) is 13.8. The lowest BCUT2D eigenvalue weighted by molar-refractivity contribution is 0.194. The number of nitrogens with zero attached hydrogens (tertiary/aromatic N) is 4. The summed E-state index contributed by atoms with van der Waals surface area (Å²) in [7, 11) is 0. The van der Waals surface area contributed by atoms with Crippen molar-refractivity contribution >= 4 is 11.7 Å². The molecule has 2 amide bonds. The van der Waals surface area contributed by atoms with Crippen LogP contribution >= 0.6 is 0 Å². The van der Waals surface area contributed by atoms with E-state index in [4.69, 9.17) is 9.84 Å². The average Bonchev–Trinajstić information content (AvgIpc) is 3.55. The summed E-state index contributed by atoms with van der Waals surface area (Å²) >= 11 is 0. The van der Waals surface area contributed by atoms with E-state index in [0.717, 1.165) is 51.8 Å². The van der Waals surface area contributed by atoms with Crippen LogP contribution in [0.25, 0.3) is 11.5 Å². The molecule has 7 nitrogen and oxygen atoms in total. The van der Waals surface area contributed by atoms with Gasteiger partial charge in [0.1, 0.15) is 11.6 Å². The zero-order chi connectivity index (χ0) is 27.6. The van der Waals surface area contributed by atoms with Gasteiger partial charge < -0.3 is 19.5 Å². The molecule has 1 aliphatic rings. The van der Waals surface area contributed by atoms with E-state index in [1.54, 1.807) is 0 Å². The first-order chi connectivity index (χ1) is 19.6. The Morgan fingerprint density at radius 2 is 1.77 bits per heavy atom. The molecule has 0 bridgehead atoms. The van der Waals surface area contributed by atoms with Gasteiger partial charge in [-0.2, -0.15) is 5.10 Å². The highest BCUT2D eigenvalue weighted by Crippen LogP contribution is 2.39. The van der Waals surface area contributed by atoms with E-state index in [-0.39, 0.29) is 12.1 Å². The van der Waals surface area contributed by atoms with Gasteiger partial charge in [-0.05, 0) is 74.4 Å². The molecule has 0 aliphatic carbocycles. The smallest absolute Gasteiger partial charge is 0.322 e. The van der Waals surface area contributed by atoms with Crippen molar-refractivity contribution in [3.63, 3.8) is 0 Å². The fourth-order valence-electron chi connectivity index (χ4n) is 5.54. The second kappa shape index (κ2) is 10.8. The Balaban J connectivity index is 1.50. The minimum Gasteiger partial charge on any atom is -0.494 e. The van der Waals surface area contributed by atoms with Crippen LogP contribution in [0, 0.1) is 6.92 Å². The van der Waals surface area contributed by atoms with Crippen LogP contribution in [0.1, 0.15) is 48.0 Å². The molecule has 0 saturated heterocycles. The number of hydrogen-bond acceptors (Lipinski definition) is 3. The van der Waals surface area contributed by atoms with Crippen molar-refractivity contribution in [1.82, 2.24) is 19.2 Å². The normalized spacial score (nSPS) is 14.3. The number of anilines is 1. The van der Waals surface area contributed by atoms with Gasteiger partial charge in [-0.25, -0.2) is 9.48 Å². The van der Waals surface area contributed by atoms with Gasteiger partial charge >= 0.3 is 6.03 Å². The molecule has 40 heavy (non-hydrogen) atoms. The molecule has 2 aromatic heterocycles. The number of aryl methyl sites for hydroxylation is 2. The first kappa shape index (κ1) is 25.5. The number of amides is 2. The van der Waals surface area contributed by atoms with Crippen LogP contribution in [-0.2, 0) is 13.0 Å². The predicted molar refractivity (Wildman–Crippen MR) is 157 cm³/mol. The molecule has 7 heteroatoms. The van der Waals surface area contributed by atoms with Crippen LogP contribution < -0.4 is 10.1 Å². The second-order valence-electron chi connectivity index (χ2n) is 9.98. The summed E-state index contributed by atoms with van der Waals surface area (Å²) in [6.07, 6.45) is 2.83. The van der Waals surface area contributed by atoms with Gasteiger partial charge in [-0.1, -0.05) is 55.0 Å². The third kappa shape index (κ3) is 4.64. The summed E-state index contributed by atoms with van der Waals surface area (Å²) in [6, 6.07) is 29.8. The van der Waals surface area contributed by atoms with Crippen molar-refractivity contribution in [3.05, 3.63) is 125 Å². The van der Waals surface area contributed by atoms with Gasteiger partial charge in [0.25, 0.3) is 0 Å². The van der Waals surface area contributed by atoms with Gasteiger partial charge in [-0.3, -0.25) is 0 Å². The third-order valence-electron chi connectivity index (χ3n) is 7.34. The van der Waals surface area contributed by atoms with Crippen molar-refractivity contribution in [2.24, 2.45) is 0 Å². The molecule has 3 heterocycles. The zero-order valence-electron chi connectivity index (χ0n) is 23.0. The van der Waals surface area contributed by atoms with Crippen molar-refractivity contribution in [3.8, 4) is 17.3 Å². The lowest BCUT2D eigenvalue weighted by Crippen LogP contribution is -2.38. The van der Waals surface area contributed by atoms with Crippen molar-refractivity contribution in [2.45, 2.75) is 39.8 Å². The maximum Gasteiger partial charge on any atom is 0.322 e. The molecule has 1 unspecified atom stereocenters. The van der Waals surface area contributed by atoms with Crippen molar-refractivity contribution in [2.75, 3.05) is 11.9 Å². The van der Waals surface area contributed by atoms with E-state index in [1.807, 2.05) is 65.0 Å². The molecule has 0 radical (unpaired) electrons. The van der Waals surface area contributed by atoms with Crippen LogP contribution in [0.2, 0.25) is 0 Å². The number of urea groups is 1. The lowest BCUT2D eigenvalue weighted by Gasteiger charge is -2.31. The minimum atomic E-state index is -0.307. The van der Waals surface area contributed by atoms with Crippen LogP contribution in [0.4, 0.5) is 10.5 Å². The molecule has 1 N–H and O–H groups in total. The fourth-order valence-corrected chi connectivity index (χ4v) is 5.54. The van der Waals surface area contributed by atoms with Crippen LogP contribution in [0.15, 0.2) is 97.2 Å². The monoisotopic (exact) mass is 531 g/mol. The van der Waals surface area contributed by atoms with Gasteiger partial charge in [0, 0.05) is 17.4 Å². The molecule has 5 aromatic rings. The van der Waals surface area contributed by atoms with E-state index in [2.05, 4.69) is 72.4 Å². The summed E-state index contributed by atoms with van der Waals surface area (Å²) < 4.78 is 9.80. The van der Waals surface area contributed by atoms with E-state index in [9.17, 15) is 4.79 Å². The van der Waals surface area contributed by atoms with E-state index >= 15 is 0 Å². The molecule has 1 atom stereocenters. The number of benzene rings is 3. The Bertz CT molecular complexity index is 1640. The summed E-state index contributed by atoms with van der Waals surface area (Å²) in [5.41, 5.74) is 6.93. The predicted octanol–water partition coefficient (Wildman–Crippen LogP) is 7.07. The maximum absolute atomic E-state index is 14.2. The number of fused-ring (bicyclic) bond motifs is 3. The van der Waals surface area contributed by atoms with E-state index < -0.39 is 0 Å². The van der Waals surface area contributed by atoms with Gasteiger partial charge in [0.2, 0.25) is 0 Å². The number of carbonyl (C=O) groups excluding carboxylic acids is 1. The molecule has 1 aliphatic heterocycles. The Hall–Kier alpha value is -4.78. The SMILES string of the molecule is CCOc1ccc(NC(=O)N2Cc3c(CC)nn(-c4ccccc4)c3-n3cccc3C2c2cccc(C)c2)cc1. The molecule has 0 saturated carbocycles. The van der Waals surface area contributed by atoms with Gasteiger partial charge in [0.15, 0.2) is 0 Å². The largest absolute Gasteiger partial charge is 0.494 e. The lowest BCUT2D eigenvalue weighted by atomic mass is 10.00. The van der Waals surface area contributed by atoms with Crippen LogP contribution in [0.3, 0.4) is 0 Å². The van der Waals surface area contributed by atoms with Crippen LogP contribution in [-0.4, -0.2) is 31.9 Å². The molecule has 0 fully saturated rings. The Kier molecular flexibility index (Phi) is 6.86. The number of carbonyl (C=O) groups is 1. The van der Waals surface area contributed by atoms with Crippen molar-refractivity contribution < 1.29 is 9.53 Å². The van der Waals surface area contributed by atoms with Crippen LogP contribution in [0.5, 0.6) is 5.75 Å². The highest BCUT2D eigenvalue weighted by atomic mass is 16.5. The van der Waals surface area contributed by atoms with Gasteiger partial charge in [-0.15, -0.1) is 0 Å².